The zero-order chi connectivity index (χ0) is 20.8. The lowest BCUT2D eigenvalue weighted by Gasteiger charge is -2.32. The van der Waals surface area contributed by atoms with Gasteiger partial charge >= 0.3 is 0 Å². The molecule has 1 fully saturated rings. The van der Waals surface area contributed by atoms with E-state index in [0.717, 1.165) is 5.56 Å². The minimum Gasteiger partial charge on any atom is -0.496 e. The number of hydrogen-bond donors (Lipinski definition) is 1. The zero-order valence-electron chi connectivity index (χ0n) is 16.6. The van der Waals surface area contributed by atoms with E-state index in [1.807, 2.05) is 12.1 Å². The van der Waals surface area contributed by atoms with E-state index in [-0.39, 0.29) is 17.7 Å². The summed E-state index contributed by atoms with van der Waals surface area (Å²) >= 11 is 5.88. The first kappa shape index (κ1) is 21.0. The van der Waals surface area contributed by atoms with Gasteiger partial charge in [-0.2, -0.15) is 0 Å². The average Bonchev–Trinajstić information content (AvgIpc) is 2.77. The first-order chi connectivity index (χ1) is 14.0. The highest BCUT2D eigenvalue weighted by Crippen LogP contribution is 2.31. The molecule has 0 saturated carbocycles. The maximum Gasteiger partial charge on any atom is 0.261 e. The fourth-order valence-electron chi connectivity index (χ4n) is 3.50. The van der Waals surface area contributed by atoms with Crippen LogP contribution < -0.4 is 14.8 Å². The summed E-state index contributed by atoms with van der Waals surface area (Å²) in [6.45, 7) is 1.49. The molecule has 1 aliphatic rings. The minimum absolute atomic E-state index is 0.0157. The van der Waals surface area contributed by atoms with Crippen molar-refractivity contribution in [3.8, 4) is 11.5 Å². The summed E-state index contributed by atoms with van der Waals surface area (Å²) in [4.78, 5) is 27.3. The largest absolute Gasteiger partial charge is 0.496 e. The molecule has 0 bridgehead atoms. The highest BCUT2D eigenvalue weighted by Gasteiger charge is 2.30. The van der Waals surface area contributed by atoms with Gasteiger partial charge in [0.05, 0.1) is 14.2 Å². The molecule has 29 heavy (non-hydrogen) atoms. The second-order valence-electron chi connectivity index (χ2n) is 6.95. The van der Waals surface area contributed by atoms with Gasteiger partial charge in [0, 0.05) is 30.6 Å². The van der Waals surface area contributed by atoms with Crippen molar-refractivity contribution in [2.45, 2.75) is 19.4 Å². The number of carbonyl (C=O) groups is 2. The van der Waals surface area contributed by atoms with Crippen LogP contribution in [0.15, 0.2) is 42.5 Å². The number of nitrogens with one attached hydrogen (secondary N) is 1. The molecule has 0 radical (unpaired) electrons. The number of rotatable bonds is 6. The van der Waals surface area contributed by atoms with Gasteiger partial charge < -0.3 is 19.7 Å². The number of ether oxygens (including phenoxy) is 2. The van der Waals surface area contributed by atoms with Gasteiger partial charge in [-0.25, -0.2) is 0 Å². The molecule has 6 nitrogen and oxygen atoms in total. The molecule has 2 aromatic rings. The average molecular weight is 417 g/mol. The van der Waals surface area contributed by atoms with E-state index in [2.05, 4.69) is 5.32 Å². The van der Waals surface area contributed by atoms with Crippen LogP contribution in [-0.2, 0) is 11.3 Å². The Morgan fingerprint density at radius 3 is 2.17 bits per heavy atom. The van der Waals surface area contributed by atoms with Gasteiger partial charge in [-0.15, -0.1) is 0 Å². The molecule has 1 aliphatic heterocycles. The lowest BCUT2D eigenvalue weighted by Crippen LogP contribution is -2.43. The molecule has 2 amide bonds. The second kappa shape index (κ2) is 9.65. The van der Waals surface area contributed by atoms with E-state index in [9.17, 15) is 9.59 Å². The maximum atomic E-state index is 13.0. The molecule has 0 spiro atoms. The Labute approximate surface area is 175 Å². The number of amides is 2. The smallest absolute Gasteiger partial charge is 0.261 e. The summed E-state index contributed by atoms with van der Waals surface area (Å²) < 4.78 is 10.7. The van der Waals surface area contributed by atoms with Crippen molar-refractivity contribution in [3.05, 3.63) is 58.6 Å². The molecule has 2 aromatic carbocycles. The van der Waals surface area contributed by atoms with Crippen molar-refractivity contribution in [2.75, 3.05) is 27.3 Å². The van der Waals surface area contributed by atoms with Crippen LogP contribution in [0.5, 0.6) is 11.5 Å². The molecule has 154 valence electrons. The Kier molecular flexibility index (Phi) is 6.99. The van der Waals surface area contributed by atoms with Gasteiger partial charge in [-0.05, 0) is 42.7 Å². The van der Waals surface area contributed by atoms with Crippen LogP contribution in [-0.4, -0.2) is 44.0 Å². The Hall–Kier alpha value is -2.73. The Morgan fingerprint density at radius 1 is 1.03 bits per heavy atom. The summed E-state index contributed by atoms with van der Waals surface area (Å²) in [6.07, 6.45) is 1.24. The first-order valence-corrected chi connectivity index (χ1v) is 9.93. The van der Waals surface area contributed by atoms with Crippen LogP contribution in [0.3, 0.4) is 0 Å². The van der Waals surface area contributed by atoms with Crippen molar-refractivity contribution < 1.29 is 19.1 Å². The van der Waals surface area contributed by atoms with Gasteiger partial charge in [-0.3, -0.25) is 9.59 Å². The topological polar surface area (TPSA) is 67.9 Å². The second-order valence-corrected chi connectivity index (χ2v) is 7.38. The number of carbonyl (C=O) groups excluding carboxylic acids is 2. The SMILES string of the molecule is COc1cccc(OC)c1C(=O)N1CCC(C(=O)NCc2ccc(Cl)cc2)CC1. The number of benzene rings is 2. The van der Waals surface area contributed by atoms with E-state index in [1.165, 1.54) is 14.2 Å². The predicted octanol–water partition coefficient (Wildman–Crippen LogP) is 3.53. The highest BCUT2D eigenvalue weighted by atomic mass is 35.5. The molecule has 1 heterocycles. The van der Waals surface area contributed by atoms with E-state index >= 15 is 0 Å². The van der Waals surface area contributed by atoms with Gasteiger partial charge in [0.2, 0.25) is 5.91 Å². The van der Waals surface area contributed by atoms with E-state index < -0.39 is 0 Å². The summed E-state index contributed by atoms with van der Waals surface area (Å²) in [6, 6.07) is 12.7. The van der Waals surface area contributed by atoms with Crippen LogP contribution in [0.2, 0.25) is 5.02 Å². The third-order valence-electron chi connectivity index (χ3n) is 5.17. The van der Waals surface area contributed by atoms with Crippen LogP contribution >= 0.6 is 11.6 Å². The van der Waals surface area contributed by atoms with Crippen molar-refractivity contribution in [2.24, 2.45) is 5.92 Å². The third-order valence-corrected chi connectivity index (χ3v) is 5.43. The fraction of sp³-hybridized carbons (Fsp3) is 0.364. The van der Waals surface area contributed by atoms with Crippen molar-refractivity contribution in [1.29, 1.82) is 0 Å². The number of hydrogen-bond acceptors (Lipinski definition) is 4. The van der Waals surface area contributed by atoms with E-state index in [4.69, 9.17) is 21.1 Å². The molecule has 1 N–H and O–H groups in total. The minimum atomic E-state index is -0.140. The van der Waals surface area contributed by atoms with Crippen molar-refractivity contribution in [1.82, 2.24) is 10.2 Å². The first-order valence-electron chi connectivity index (χ1n) is 9.56. The van der Waals surface area contributed by atoms with Crippen LogP contribution in [0.4, 0.5) is 0 Å². The lowest BCUT2D eigenvalue weighted by atomic mass is 9.95. The highest BCUT2D eigenvalue weighted by molar-refractivity contribution is 6.30. The summed E-state index contributed by atoms with van der Waals surface area (Å²) in [7, 11) is 3.06. The maximum absolute atomic E-state index is 13.0. The Morgan fingerprint density at radius 2 is 1.62 bits per heavy atom. The third kappa shape index (κ3) is 5.01. The quantitative estimate of drug-likeness (QED) is 0.782. The van der Waals surface area contributed by atoms with Crippen molar-refractivity contribution in [3.63, 3.8) is 0 Å². The Bertz CT molecular complexity index is 839. The normalized spacial score (nSPS) is 14.4. The molecule has 0 atom stereocenters. The number of likely N-dealkylation sites (tertiary alicyclic amines) is 1. The standard InChI is InChI=1S/C22H25ClN2O4/c1-28-18-4-3-5-19(29-2)20(18)22(27)25-12-10-16(11-13-25)21(26)24-14-15-6-8-17(23)9-7-15/h3-9,16H,10-14H2,1-2H3,(H,24,26). The molecule has 1 saturated heterocycles. The molecule has 7 heteroatoms. The lowest BCUT2D eigenvalue weighted by molar-refractivity contribution is -0.126. The summed E-state index contributed by atoms with van der Waals surface area (Å²) in [5.74, 6) is 0.738. The molecule has 0 aliphatic carbocycles. The number of nitrogens with zero attached hydrogens (tertiary/aromatic N) is 1. The van der Waals surface area contributed by atoms with Crippen LogP contribution in [0, 0.1) is 5.92 Å². The summed E-state index contributed by atoms with van der Waals surface area (Å²) in [5.41, 5.74) is 1.42. The number of piperidine rings is 1. The Balaban J connectivity index is 1.57. The fourth-order valence-corrected chi connectivity index (χ4v) is 3.63. The molecule has 0 aromatic heterocycles. The van der Waals surface area contributed by atoms with Crippen LogP contribution in [0.1, 0.15) is 28.8 Å². The summed E-state index contributed by atoms with van der Waals surface area (Å²) in [5, 5.41) is 3.65. The number of methoxy groups -OCH3 is 2. The van der Waals surface area contributed by atoms with Gasteiger partial charge in [-0.1, -0.05) is 29.8 Å². The van der Waals surface area contributed by atoms with Gasteiger partial charge in [0.1, 0.15) is 17.1 Å². The van der Waals surface area contributed by atoms with Gasteiger partial charge in [0.25, 0.3) is 5.91 Å². The van der Waals surface area contributed by atoms with E-state index in [1.54, 1.807) is 35.2 Å². The number of halogens is 1. The predicted molar refractivity (Wildman–Crippen MR) is 111 cm³/mol. The zero-order valence-corrected chi connectivity index (χ0v) is 17.4. The van der Waals surface area contributed by atoms with Gasteiger partial charge in [0.15, 0.2) is 0 Å². The van der Waals surface area contributed by atoms with Crippen molar-refractivity contribution >= 4 is 23.4 Å². The molecular formula is C22H25ClN2O4. The van der Waals surface area contributed by atoms with E-state index in [0.29, 0.717) is 54.6 Å². The monoisotopic (exact) mass is 416 g/mol. The molecular weight excluding hydrogens is 392 g/mol. The van der Waals surface area contributed by atoms with Crippen LogP contribution in [0.25, 0.3) is 0 Å². The molecule has 0 unspecified atom stereocenters. The molecule has 3 rings (SSSR count).